The van der Waals surface area contributed by atoms with E-state index in [1.807, 2.05) is 27.7 Å². The summed E-state index contributed by atoms with van der Waals surface area (Å²) >= 11 is 0. The number of fused-ring (bicyclic) bond motifs is 1. The number of aromatic nitrogens is 1. The molecule has 0 atom stereocenters. The lowest BCUT2D eigenvalue weighted by molar-refractivity contribution is 0.0756. The first-order chi connectivity index (χ1) is 13.2. The van der Waals surface area contributed by atoms with E-state index in [2.05, 4.69) is 5.32 Å². The quantitative estimate of drug-likeness (QED) is 0.612. The fourth-order valence-corrected chi connectivity index (χ4v) is 4.60. The molecular weight excluding hydrogens is 378 g/mol. The lowest BCUT2D eigenvalue weighted by Gasteiger charge is -2.18. The lowest BCUT2D eigenvalue weighted by atomic mass is 10.2. The normalized spacial score (nSPS) is 12.2. The van der Waals surface area contributed by atoms with Gasteiger partial charge in [0.05, 0.1) is 11.0 Å². The molecule has 1 aromatic carbocycles. The summed E-state index contributed by atoms with van der Waals surface area (Å²) in [7, 11) is -1.73. The lowest BCUT2D eigenvalue weighted by Crippen LogP contribution is -2.30. The zero-order chi connectivity index (χ0) is 20.9. The molecular formula is C20H31N3O4S. The number of sulfonamides is 1. The van der Waals surface area contributed by atoms with Gasteiger partial charge in [0, 0.05) is 44.2 Å². The van der Waals surface area contributed by atoms with Gasteiger partial charge in [-0.2, -0.15) is 4.31 Å². The number of ether oxygens (including phenoxy) is 1. The van der Waals surface area contributed by atoms with Crippen LogP contribution >= 0.6 is 0 Å². The van der Waals surface area contributed by atoms with Crippen LogP contribution in [0.25, 0.3) is 10.9 Å². The predicted molar refractivity (Wildman–Crippen MR) is 111 cm³/mol. The van der Waals surface area contributed by atoms with Gasteiger partial charge in [0.2, 0.25) is 10.0 Å². The summed E-state index contributed by atoms with van der Waals surface area (Å²) in [6.45, 7) is 9.53. The van der Waals surface area contributed by atoms with Crippen LogP contribution in [0.5, 0.6) is 0 Å². The van der Waals surface area contributed by atoms with Crippen LogP contribution in [-0.4, -0.2) is 55.5 Å². The number of amides is 1. The molecule has 2 rings (SSSR count). The second-order valence-corrected chi connectivity index (χ2v) is 8.87. The van der Waals surface area contributed by atoms with Gasteiger partial charge >= 0.3 is 0 Å². The van der Waals surface area contributed by atoms with Crippen LogP contribution in [0.15, 0.2) is 29.2 Å². The molecule has 0 saturated carbocycles. The number of nitrogens with one attached hydrogen (secondary N) is 1. The van der Waals surface area contributed by atoms with Crippen molar-refractivity contribution in [3.8, 4) is 0 Å². The van der Waals surface area contributed by atoms with Crippen LogP contribution in [0.1, 0.15) is 44.6 Å². The van der Waals surface area contributed by atoms with Gasteiger partial charge in [0.25, 0.3) is 5.91 Å². The fraction of sp³-hybridized carbons (Fsp3) is 0.550. The van der Waals surface area contributed by atoms with Crippen molar-refractivity contribution in [2.45, 2.75) is 45.1 Å². The van der Waals surface area contributed by atoms with Gasteiger partial charge in [-0.05, 0) is 44.5 Å². The number of carbonyl (C=O) groups excluding carboxylic acids is 1. The largest absolute Gasteiger partial charge is 0.379 e. The summed E-state index contributed by atoms with van der Waals surface area (Å²) < 4.78 is 34.2. The first-order valence-electron chi connectivity index (χ1n) is 9.71. The topological polar surface area (TPSA) is 80.6 Å². The minimum Gasteiger partial charge on any atom is -0.379 e. The molecule has 8 heteroatoms. The van der Waals surface area contributed by atoms with E-state index in [1.54, 1.807) is 35.9 Å². The number of nitrogens with zero attached hydrogens (tertiary/aromatic N) is 2. The Hall–Kier alpha value is -1.90. The third-order valence-corrected chi connectivity index (χ3v) is 6.69. The van der Waals surface area contributed by atoms with E-state index >= 15 is 0 Å². The molecule has 0 saturated heterocycles. The van der Waals surface area contributed by atoms with Gasteiger partial charge in [-0.15, -0.1) is 0 Å². The maximum atomic E-state index is 12.7. The molecule has 1 heterocycles. The number of hydrogen-bond donors (Lipinski definition) is 1. The zero-order valence-corrected chi connectivity index (χ0v) is 18.2. The maximum absolute atomic E-state index is 12.7. The highest BCUT2D eigenvalue weighted by atomic mass is 32.2. The molecule has 28 heavy (non-hydrogen) atoms. The van der Waals surface area contributed by atoms with E-state index in [0.29, 0.717) is 31.9 Å². The van der Waals surface area contributed by atoms with Crippen molar-refractivity contribution in [2.75, 3.05) is 26.2 Å². The van der Waals surface area contributed by atoms with Crippen molar-refractivity contribution in [1.29, 1.82) is 0 Å². The van der Waals surface area contributed by atoms with Crippen molar-refractivity contribution in [3.05, 3.63) is 30.0 Å². The van der Waals surface area contributed by atoms with Crippen LogP contribution in [0.4, 0.5) is 0 Å². The molecule has 0 aliphatic rings. The van der Waals surface area contributed by atoms with Gasteiger partial charge in [0.15, 0.2) is 0 Å². The summed E-state index contributed by atoms with van der Waals surface area (Å²) in [6, 6.07) is 6.71. The number of carbonyl (C=O) groups is 1. The number of hydrogen-bond acceptors (Lipinski definition) is 4. The van der Waals surface area contributed by atoms with E-state index < -0.39 is 10.0 Å². The number of aryl methyl sites for hydroxylation is 1. The Labute approximate surface area is 167 Å². The average molecular weight is 410 g/mol. The van der Waals surface area contributed by atoms with Gasteiger partial charge in [-0.1, -0.05) is 13.8 Å². The van der Waals surface area contributed by atoms with Crippen molar-refractivity contribution in [1.82, 2.24) is 14.2 Å². The molecule has 0 aliphatic carbocycles. The molecule has 0 fully saturated rings. The van der Waals surface area contributed by atoms with E-state index in [9.17, 15) is 13.2 Å². The Balaban J connectivity index is 2.19. The number of benzene rings is 1. The van der Waals surface area contributed by atoms with Crippen molar-refractivity contribution < 1.29 is 17.9 Å². The van der Waals surface area contributed by atoms with Crippen LogP contribution in [-0.2, 0) is 21.8 Å². The minimum atomic E-state index is -3.53. The molecule has 1 aromatic heterocycles. The van der Waals surface area contributed by atoms with Crippen LogP contribution in [0.2, 0.25) is 0 Å². The Bertz CT molecular complexity index is 915. The van der Waals surface area contributed by atoms with Crippen molar-refractivity contribution in [2.24, 2.45) is 7.05 Å². The van der Waals surface area contributed by atoms with Crippen LogP contribution in [0.3, 0.4) is 0 Å². The Morgan fingerprint density at radius 2 is 1.89 bits per heavy atom. The first kappa shape index (κ1) is 22.4. The molecule has 0 unspecified atom stereocenters. The highest BCUT2D eigenvalue weighted by Gasteiger charge is 2.23. The first-order valence-corrected chi connectivity index (χ1v) is 11.2. The Morgan fingerprint density at radius 1 is 1.21 bits per heavy atom. The van der Waals surface area contributed by atoms with Crippen LogP contribution in [0, 0.1) is 0 Å². The second kappa shape index (κ2) is 9.54. The molecule has 1 N–H and O–H groups in total. The summed E-state index contributed by atoms with van der Waals surface area (Å²) in [5, 5.41) is 3.62. The summed E-state index contributed by atoms with van der Waals surface area (Å²) in [4.78, 5) is 12.8. The third-order valence-electron chi connectivity index (χ3n) is 4.65. The molecule has 0 spiro atoms. The molecule has 7 nitrogen and oxygen atoms in total. The smallest absolute Gasteiger partial charge is 0.267 e. The number of rotatable bonds is 10. The average Bonchev–Trinajstić information content (AvgIpc) is 2.98. The van der Waals surface area contributed by atoms with Gasteiger partial charge in [-0.25, -0.2) is 8.42 Å². The van der Waals surface area contributed by atoms with Crippen molar-refractivity contribution >= 4 is 26.8 Å². The minimum absolute atomic E-state index is 0.177. The molecule has 156 valence electrons. The maximum Gasteiger partial charge on any atom is 0.267 e. The molecule has 0 bridgehead atoms. The van der Waals surface area contributed by atoms with E-state index in [1.165, 1.54) is 4.31 Å². The molecule has 1 amide bonds. The Morgan fingerprint density at radius 3 is 2.50 bits per heavy atom. The van der Waals surface area contributed by atoms with Gasteiger partial charge < -0.3 is 14.6 Å². The highest BCUT2D eigenvalue weighted by Crippen LogP contribution is 2.24. The van der Waals surface area contributed by atoms with E-state index in [0.717, 1.165) is 17.3 Å². The fourth-order valence-electron chi connectivity index (χ4n) is 3.10. The third kappa shape index (κ3) is 4.92. The SMILES string of the molecule is CCN(CC)S(=O)(=O)c1ccc2c(c1)cc(C(=O)NCCCOC(C)C)n2C. The van der Waals surface area contributed by atoms with E-state index in [-0.39, 0.29) is 16.9 Å². The second-order valence-electron chi connectivity index (χ2n) is 6.93. The summed E-state index contributed by atoms with van der Waals surface area (Å²) in [6.07, 6.45) is 0.913. The van der Waals surface area contributed by atoms with E-state index in [4.69, 9.17) is 4.74 Å². The monoisotopic (exact) mass is 409 g/mol. The molecule has 0 radical (unpaired) electrons. The van der Waals surface area contributed by atoms with Crippen molar-refractivity contribution in [3.63, 3.8) is 0 Å². The zero-order valence-electron chi connectivity index (χ0n) is 17.4. The summed E-state index contributed by atoms with van der Waals surface area (Å²) in [5.41, 5.74) is 1.31. The van der Waals surface area contributed by atoms with Gasteiger partial charge in [0.1, 0.15) is 5.69 Å². The summed E-state index contributed by atoms with van der Waals surface area (Å²) in [5.74, 6) is -0.184. The van der Waals surface area contributed by atoms with Gasteiger partial charge in [-0.3, -0.25) is 4.79 Å². The standard InChI is InChI=1S/C20H31N3O4S/c1-6-23(7-2)28(25,26)17-9-10-18-16(13-17)14-19(22(18)5)20(24)21-11-8-12-27-15(3)4/h9-10,13-15H,6-8,11-12H2,1-5H3,(H,21,24). The molecule has 2 aromatic rings. The molecule has 0 aliphatic heterocycles. The predicted octanol–water partition coefficient (Wildman–Crippen LogP) is 2.75. The Kier molecular flexibility index (Phi) is 7.63. The van der Waals surface area contributed by atoms with Crippen LogP contribution < -0.4 is 5.32 Å². The highest BCUT2D eigenvalue weighted by molar-refractivity contribution is 7.89.